The van der Waals surface area contributed by atoms with E-state index in [0.717, 1.165) is 6.54 Å². The van der Waals surface area contributed by atoms with Gasteiger partial charge in [-0.15, -0.1) is 0 Å². The molecule has 0 unspecified atom stereocenters. The zero-order valence-corrected chi connectivity index (χ0v) is 18.3. The summed E-state index contributed by atoms with van der Waals surface area (Å²) in [6.07, 6.45) is 4.69. The summed E-state index contributed by atoms with van der Waals surface area (Å²) in [5, 5.41) is 1.53. The lowest BCUT2D eigenvalue weighted by Gasteiger charge is -2.23. The molecule has 0 saturated carbocycles. The Labute approximate surface area is 165 Å². The fraction of sp³-hybridized carbons (Fsp3) is 0.458. The Morgan fingerprint density at radius 2 is 1.41 bits per heavy atom. The van der Waals surface area contributed by atoms with Gasteiger partial charge in [-0.2, -0.15) is 0 Å². The van der Waals surface area contributed by atoms with E-state index in [1.807, 2.05) is 32.0 Å². The molecule has 27 heavy (non-hydrogen) atoms. The largest absolute Gasteiger partial charge is 0.346 e. The average Bonchev–Trinajstić information content (AvgIpc) is 3.00. The van der Waals surface area contributed by atoms with Crippen LogP contribution in [-0.2, 0) is 20.0 Å². The van der Waals surface area contributed by atoms with Gasteiger partial charge in [-0.05, 0) is 81.1 Å². The molecule has 1 aliphatic rings. The van der Waals surface area contributed by atoms with E-state index in [-0.39, 0.29) is 0 Å². The molecule has 0 amide bonds. The van der Waals surface area contributed by atoms with Crippen LogP contribution in [0.25, 0.3) is 10.9 Å². The van der Waals surface area contributed by atoms with Crippen molar-refractivity contribution < 1.29 is 0 Å². The van der Waals surface area contributed by atoms with Crippen molar-refractivity contribution in [3.8, 4) is 0 Å². The molecular weight excluding hydrogens is 330 g/mol. The number of nitrogens with zero attached hydrogens (tertiary/aromatic N) is 3. The maximum atomic E-state index is 3.78. The van der Waals surface area contributed by atoms with Gasteiger partial charge in [-0.3, -0.25) is 4.98 Å². The number of hydrogen-bond acceptors (Lipinski definition) is 2. The van der Waals surface area contributed by atoms with Gasteiger partial charge in [0, 0.05) is 43.6 Å². The Morgan fingerprint density at radius 3 is 1.93 bits per heavy atom. The monoisotopic (exact) mass is 365 g/mol. The van der Waals surface area contributed by atoms with Crippen molar-refractivity contribution >= 4 is 10.9 Å². The molecule has 0 N–H and O–H groups in total. The van der Waals surface area contributed by atoms with Crippen molar-refractivity contribution in [3.63, 3.8) is 0 Å². The van der Waals surface area contributed by atoms with Crippen molar-refractivity contribution in [2.75, 3.05) is 13.6 Å². The number of pyridine rings is 1. The highest BCUT2D eigenvalue weighted by atomic mass is 15.1. The van der Waals surface area contributed by atoms with Crippen LogP contribution in [0.5, 0.6) is 0 Å². The summed E-state index contributed by atoms with van der Waals surface area (Å²) in [4.78, 5) is 6.21. The summed E-state index contributed by atoms with van der Waals surface area (Å²) in [7, 11) is 4.46. The molecule has 0 spiro atoms. The number of likely N-dealkylation sites (N-methyl/N-ethyl adjacent to an activating group) is 1. The summed E-state index contributed by atoms with van der Waals surface area (Å²) in [5.41, 5.74) is 10.4. The number of benzene rings is 1. The first-order chi connectivity index (χ1) is 12.9. The van der Waals surface area contributed by atoms with E-state index < -0.39 is 0 Å². The standard InChI is InChI=1S/C17H24N2.C5H5N.C2H6/c1-10-11(2)13(4)17-16(12(10)3)14-7-8-18(5)9-15(14)19(17)6;1-2-4-6-5-3-1;1-2/h7-9H2,1-6H3;1-5H;1-2H3. The van der Waals surface area contributed by atoms with Gasteiger partial charge in [0.25, 0.3) is 0 Å². The van der Waals surface area contributed by atoms with Gasteiger partial charge in [-0.25, -0.2) is 0 Å². The molecule has 0 bridgehead atoms. The molecule has 0 saturated heterocycles. The summed E-state index contributed by atoms with van der Waals surface area (Å²) in [5.74, 6) is 0. The van der Waals surface area contributed by atoms with Crippen molar-refractivity contribution in [2.45, 2.75) is 54.5 Å². The van der Waals surface area contributed by atoms with E-state index >= 15 is 0 Å². The molecule has 3 heterocycles. The quantitative estimate of drug-likeness (QED) is 0.524. The minimum absolute atomic E-state index is 1.08. The van der Waals surface area contributed by atoms with Gasteiger partial charge in [0.2, 0.25) is 0 Å². The van der Waals surface area contributed by atoms with Crippen LogP contribution in [0.1, 0.15) is 47.4 Å². The molecule has 0 atom stereocenters. The third-order valence-electron chi connectivity index (χ3n) is 5.77. The second-order valence-electron chi connectivity index (χ2n) is 7.22. The Morgan fingerprint density at radius 1 is 0.815 bits per heavy atom. The van der Waals surface area contributed by atoms with Gasteiger partial charge in [0.1, 0.15) is 0 Å². The van der Waals surface area contributed by atoms with Crippen LogP contribution in [0.3, 0.4) is 0 Å². The minimum Gasteiger partial charge on any atom is -0.346 e. The van der Waals surface area contributed by atoms with Gasteiger partial charge in [-0.1, -0.05) is 19.9 Å². The van der Waals surface area contributed by atoms with Crippen LogP contribution in [-0.4, -0.2) is 28.0 Å². The van der Waals surface area contributed by atoms with E-state index in [9.17, 15) is 0 Å². The van der Waals surface area contributed by atoms with Crippen molar-refractivity contribution in [1.29, 1.82) is 0 Å². The number of fused-ring (bicyclic) bond motifs is 3. The third-order valence-corrected chi connectivity index (χ3v) is 5.77. The Balaban J connectivity index is 0.000000275. The predicted molar refractivity (Wildman–Crippen MR) is 117 cm³/mol. The van der Waals surface area contributed by atoms with Crippen LogP contribution < -0.4 is 0 Å². The van der Waals surface area contributed by atoms with Gasteiger partial charge in [0.05, 0.1) is 5.52 Å². The summed E-state index contributed by atoms with van der Waals surface area (Å²) >= 11 is 0. The van der Waals surface area contributed by atoms with Gasteiger partial charge in [0.15, 0.2) is 0 Å². The first-order valence-corrected chi connectivity index (χ1v) is 10.0. The molecule has 1 aliphatic heterocycles. The highest BCUT2D eigenvalue weighted by Gasteiger charge is 2.24. The first-order valence-electron chi connectivity index (χ1n) is 10.0. The lowest BCUT2D eigenvalue weighted by molar-refractivity contribution is 0.305. The first kappa shape index (κ1) is 21.2. The SMILES string of the molecule is CC.Cc1c(C)c(C)c2c(c1C)c1c(n2C)CN(C)CC1.c1ccncc1. The Hall–Kier alpha value is -2.13. The zero-order valence-electron chi connectivity index (χ0n) is 18.3. The topological polar surface area (TPSA) is 21.1 Å². The van der Waals surface area contributed by atoms with Crippen molar-refractivity contribution in [2.24, 2.45) is 7.05 Å². The zero-order chi connectivity index (χ0) is 20.1. The number of aryl methyl sites for hydroxylation is 3. The second kappa shape index (κ2) is 9.18. The Bertz CT molecular complexity index is 865. The van der Waals surface area contributed by atoms with Crippen LogP contribution in [0.4, 0.5) is 0 Å². The smallest absolute Gasteiger partial charge is 0.0518 e. The van der Waals surface area contributed by atoms with Crippen LogP contribution >= 0.6 is 0 Å². The molecule has 3 aromatic rings. The minimum atomic E-state index is 1.08. The fourth-order valence-corrected chi connectivity index (χ4v) is 3.98. The van der Waals surface area contributed by atoms with Gasteiger partial charge >= 0.3 is 0 Å². The average molecular weight is 366 g/mol. The van der Waals surface area contributed by atoms with E-state index in [1.165, 1.54) is 51.8 Å². The summed E-state index contributed by atoms with van der Waals surface area (Å²) in [6.45, 7) is 15.4. The molecule has 4 rings (SSSR count). The highest BCUT2D eigenvalue weighted by molar-refractivity contribution is 5.93. The lowest BCUT2D eigenvalue weighted by atomic mass is 9.92. The fourth-order valence-electron chi connectivity index (χ4n) is 3.98. The molecule has 0 radical (unpaired) electrons. The van der Waals surface area contributed by atoms with Crippen LogP contribution in [0.15, 0.2) is 30.6 Å². The number of hydrogen-bond donors (Lipinski definition) is 0. The highest BCUT2D eigenvalue weighted by Crippen LogP contribution is 2.36. The molecular formula is C24H35N3. The third kappa shape index (κ3) is 4.08. The van der Waals surface area contributed by atoms with Crippen LogP contribution in [0, 0.1) is 27.7 Å². The van der Waals surface area contributed by atoms with E-state index in [0.29, 0.717) is 0 Å². The van der Waals surface area contributed by atoms with E-state index in [1.54, 1.807) is 18.0 Å². The maximum Gasteiger partial charge on any atom is 0.0518 e. The summed E-state index contributed by atoms with van der Waals surface area (Å²) < 4.78 is 2.44. The van der Waals surface area contributed by atoms with Crippen LogP contribution in [0.2, 0.25) is 0 Å². The molecule has 0 aliphatic carbocycles. The van der Waals surface area contributed by atoms with E-state index in [2.05, 4.69) is 56.2 Å². The second-order valence-corrected chi connectivity index (χ2v) is 7.22. The molecule has 2 aromatic heterocycles. The van der Waals surface area contributed by atoms with E-state index in [4.69, 9.17) is 0 Å². The van der Waals surface area contributed by atoms with Crippen molar-refractivity contribution in [1.82, 2.24) is 14.5 Å². The Kier molecular flexibility index (Phi) is 7.20. The maximum absolute atomic E-state index is 3.78. The normalized spacial score (nSPS) is 13.3. The molecule has 1 aromatic carbocycles. The number of rotatable bonds is 0. The summed E-state index contributed by atoms with van der Waals surface area (Å²) in [6, 6.07) is 5.72. The van der Waals surface area contributed by atoms with Crippen molar-refractivity contribution in [3.05, 3.63) is 64.1 Å². The number of aromatic nitrogens is 2. The molecule has 3 nitrogen and oxygen atoms in total. The molecule has 146 valence electrons. The molecule has 0 fully saturated rings. The van der Waals surface area contributed by atoms with Gasteiger partial charge < -0.3 is 9.47 Å². The lowest BCUT2D eigenvalue weighted by Crippen LogP contribution is -2.27. The predicted octanol–water partition coefficient (Wildman–Crippen LogP) is 5.51. The molecule has 3 heteroatoms.